The highest BCUT2D eigenvalue weighted by Crippen LogP contribution is 2.48. The molecule has 1 N–H and O–H groups in total. The third-order valence-electron chi connectivity index (χ3n) is 6.29. The van der Waals surface area contributed by atoms with Crippen molar-refractivity contribution in [3.63, 3.8) is 0 Å². The van der Waals surface area contributed by atoms with E-state index in [0.29, 0.717) is 6.42 Å². The second-order valence-electron chi connectivity index (χ2n) is 9.58. The molecular formula is C23H31N3O3. The number of piperidine rings is 1. The number of nitrogens with one attached hydrogen (secondary N) is 1. The van der Waals surface area contributed by atoms with E-state index in [1.807, 2.05) is 62.3 Å². The van der Waals surface area contributed by atoms with Crippen molar-refractivity contribution in [1.82, 2.24) is 15.3 Å². The Labute approximate surface area is 172 Å². The largest absolute Gasteiger partial charge is 0.443 e. The molecule has 3 aliphatic rings. The molecule has 6 nitrogen and oxygen atoms in total. The van der Waals surface area contributed by atoms with E-state index in [1.54, 1.807) is 5.01 Å². The van der Waals surface area contributed by atoms with Crippen LogP contribution in [0.25, 0.3) is 0 Å². The van der Waals surface area contributed by atoms with E-state index < -0.39 is 12.1 Å². The molecule has 1 saturated heterocycles. The molecule has 0 bridgehead atoms. The van der Waals surface area contributed by atoms with Crippen LogP contribution >= 0.6 is 0 Å². The minimum atomic E-state index is -0.530. The van der Waals surface area contributed by atoms with Crippen LogP contribution in [0.5, 0.6) is 0 Å². The number of hydrogen-bond acceptors (Lipinski definition) is 5. The molecule has 1 spiro atoms. The Morgan fingerprint density at radius 2 is 1.86 bits per heavy atom. The van der Waals surface area contributed by atoms with E-state index in [-0.39, 0.29) is 23.3 Å². The van der Waals surface area contributed by atoms with Gasteiger partial charge in [-0.3, -0.25) is 9.80 Å². The zero-order valence-electron chi connectivity index (χ0n) is 17.6. The van der Waals surface area contributed by atoms with E-state index in [0.717, 1.165) is 43.5 Å². The summed E-state index contributed by atoms with van der Waals surface area (Å²) in [5, 5.41) is 6.85. The summed E-state index contributed by atoms with van der Waals surface area (Å²) in [4.78, 5) is 26.4. The molecule has 1 unspecified atom stereocenters. The van der Waals surface area contributed by atoms with Gasteiger partial charge in [0, 0.05) is 12.6 Å². The number of carbonyl (C=O) groups excluding carboxylic acids is 2. The van der Waals surface area contributed by atoms with Crippen LogP contribution in [0.4, 0.5) is 4.79 Å². The van der Waals surface area contributed by atoms with E-state index >= 15 is 0 Å². The lowest BCUT2D eigenvalue weighted by Crippen LogP contribution is -2.57. The van der Waals surface area contributed by atoms with E-state index in [1.165, 1.54) is 0 Å². The molecular weight excluding hydrogens is 366 g/mol. The third-order valence-corrected chi connectivity index (χ3v) is 6.29. The van der Waals surface area contributed by atoms with Gasteiger partial charge < -0.3 is 10.1 Å². The molecule has 2 aliphatic heterocycles. The number of hydrogen-bond donors (Lipinski definition) is 1. The maximum atomic E-state index is 13.3. The molecule has 1 aromatic carbocycles. The molecule has 2 fully saturated rings. The summed E-state index contributed by atoms with van der Waals surface area (Å²) in [6.07, 6.45) is 5.00. The van der Waals surface area contributed by atoms with Crippen molar-refractivity contribution in [2.75, 3.05) is 13.1 Å². The second-order valence-corrected chi connectivity index (χ2v) is 9.58. The van der Waals surface area contributed by atoms with Gasteiger partial charge in [-0.05, 0) is 69.7 Å². The minimum absolute atomic E-state index is 0.0399. The maximum Gasteiger partial charge on any atom is 0.430 e. The van der Waals surface area contributed by atoms with Gasteiger partial charge in [-0.15, -0.1) is 0 Å². The molecule has 0 aromatic heterocycles. The van der Waals surface area contributed by atoms with Crippen LogP contribution in [-0.2, 0) is 16.1 Å². The predicted molar refractivity (Wildman–Crippen MR) is 111 cm³/mol. The van der Waals surface area contributed by atoms with Gasteiger partial charge in [0.15, 0.2) is 5.78 Å². The second kappa shape index (κ2) is 7.48. The summed E-state index contributed by atoms with van der Waals surface area (Å²) in [6.45, 7) is 8.24. The number of benzene rings is 1. The fourth-order valence-electron chi connectivity index (χ4n) is 4.82. The molecule has 1 aromatic rings. The Hall–Kier alpha value is -2.34. The highest BCUT2D eigenvalue weighted by molar-refractivity contribution is 5.92. The number of Topliss-reactive ketones (excluding diaryl/α,β-unsaturated/α-hetero) is 1. The smallest absolute Gasteiger partial charge is 0.430 e. The fourth-order valence-corrected chi connectivity index (χ4v) is 4.82. The SMILES string of the molecule is CC(C)(C)N1C=C2CC3(CCNCC3)CC(=O)C2N1C(=O)OCc1ccccc1. The molecule has 29 heavy (non-hydrogen) atoms. The van der Waals surface area contributed by atoms with Gasteiger partial charge in [-0.2, -0.15) is 0 Å². The van der Waals surface area contributed by atoms with Crippen LogP contribution in [0.15, 0.2) is 42.1 Å². The van der Waals surface area contributed by atoms with Crippen LogP contribution < -0.4 is 5.32 Å². The zero-order valence-corrected chi connectivity index (χ0v) is 17.6. The first-order chi connectivity index (χ1) is 13.8. The molecule has 1 amide bonds. The number of ketones is 1. The van der Waals surface area contributed by atoms with Crippen LogP contribution in [0.1, 0.15) is 52.0 Å². The van der Waals surface area contributed by atoms with Crippen LogP contribution in [0.2, 0.25) is 0 Å². The van der Waals surface area contributed by atoms with Crippen molar-refractivity contribution >= 4 is 11.9 Å². The average Bonchev–Trinajstić information content (AvgIpc) is 3.07. The predicted octanol–water partition coefficient (Wildman–Crippen LogP) is 3.64. The fraction of sp³-hybridized carbons (Fsp3) is 0.565. The summed E-state index contributed by atoms with van der Waals surface area (Å²) >= 11 is 0. The molecule has 2 heterocycles. The van der Waals surface area contributed by atoms with Crippen molar-refractivity contribution in [2.24, 2.45) is 5.41 Å². The maximum absolute atomic E-state index is 13.3. The highest BCUT2D eigenvalue weighted by Gasteiger charge is 2.52. The zero-order chi connectivity index (χ0) is 20.6. The Bertz CT molecular complexity index is 806. The topological polar surface area (TPSA) is 61.9 Å². The van der Waals surface area contributed by atoms with Gasteiger partial charge in [0.1, 0.15) is 12.6 Å². The monoisotopic (exact) mass is 397 g/mol. The van der Waals surface area contributed by atoms with Crippen molar-refractivity contribution < 1.29 is 14.3 Å². The molecule has 156 valence electrons. The molecule has 1 saturated carbocycles. The summed E-state index contributed by atoms with van der Waals surface area (Å²) in [6, 6.07) is 9.09. The van der Waals surface area contributed by atoms with Crippen molar-refractivity contribution in [2.45, 2.75) is 64.6 Å². The van der Waals surface area contributed by atoms with Gasteiger partial charge in [-0.1, -0.05) is 30.3 Å². The number of hydrazine groups is 1. The van der Waals surface area contributed by atoms with Gasteiger partial charge in [0.25, 0.3) is 0 Å². The first-order valence-corrected chi connectivity index (χ1v) is 10.5. The number of rotatable bonds is 2. The number of carbonyl (C=O) groups is 2. The molecule has 0 radical (unpaired) electrons. The molecule has 4 rings (SSSR count). The lowest BCUT2D eigenvalue weighted by Gasteiger charge is -2.45. The minimum Gasteiger partial charge on any atom is -0.443 e. The van der Waals surface area contributed by atoms with Gasteiger partial charge in [0.2, 0.25) is 0 Å². The van der Waals surface area contributed by atoms with Crippen LogP contribution in [0.3, 0.4) is 0 Å². The van der Waals surface area contributed by atoms with Gasteiger partial charge >= 0.3 is 6.09 Å². The number of fused-ring (bicyclic) bond motifs is 1. The van der Waals surface area contributed by atoms with Crippen molar-refractivity contribution in [3.8, 4) is 0 Å². The summed E-state index contributed by atoms with van der Waals surface area (Å²) in [7, 11) is 0. The average molecular weight is 398 g/mol. The third kappa shape index (κ3) is 3.90. The number of nitrogens with zero attached hydrogens (tertiary/aromatic N) is 2. The molecule has 6 heteroatoms. The van der Waals surface area contributed by atoms with Crippen molar-refractivity contribution in [1.29, 1.82) is 0 Å². The standard InChI is InChI=1S/C23H31N3O3/c1-22(2,3)25-15-18-13-23(9-11-24-12-10-23)14-19(27)20(18)26(25)21(28)29-16-17-7-5-4-6-8-17/h4-8,15,20,24H,9-14,16H2,1-3H3. The van der Waals surface area contributed by atoms with Crippen LogP contribution in [0, 0.1) is 5.41 Å². The Balaban J connectivity index is 1.56. The number of ether oxygens (including phenoxy) is 1. The first kappa shape index (κ1) is 20.0. The normalized spacial score (nSPS) is 23.8. The molecule has 1 aliphatic carbocycles. The Kier molecular flexibility index (Phi) is 5.15. The van der Waals surface area contributed by atoms with E-state index in [9.17, 15) is 9.59 Å². The summed E-state index contributed by atoms with van der Waals surface area (Å²) in [5.74, 6) is 0.132. The van der Waals surface area contributed by atoms with Gasteiger partial charge in [0.05, 0.1) is 5.54 Å². The summed E-state index contributed by atoms with van der Waals surface area (Å²) in [5.41, 5.74) is 1.68. The first-order valence-electron chi connectivity index (χ1n) is 10.5. The Morgan fingerprint density at radius 1 is 1.17 bits per heavy atom. The lowest BCUT2D eigenvalue weighted by molar-refractivity contribution is -0.133. The van der Waals surface area contributed by atoms with Crippen molar-refractivity contribution in [3.05, 3.63) is 47.7 Å². The molecule has 1 atom stereocenters. The van der Waals surface area contributed by atoms with E-state index in [2.05, 4.69) is 5.32 Å². The van der Waals surface area contributed by atoms with Crippen LogP contribution in [-0.4, -0.2) is 46.6 Å². The highest BCUT2D eigenvalue weighted by atomic mass is 16.6. The number of amides is 1. The quantitative estimate of drug-likeness (QED) is 0.826. The van der Waals surface area contributed by atoms with E-state index in [4.69, 9.17) is 4.74 Å². The Morgan fingerprint density at radius 3 is 2.52 bits per heavy atom. The lowest BCUT2D eigenvalue weighted by atomic mass is 9.65. The summed E-state index contributed by atoms with van der Waals surface area (Å²) < 4.78 is 5.62. The van der Waals surface area contributed by atoms with Gasteiger partial charge in [-0.25, -0.2) is 9.80 Å².